The molecule has 1 saturated heterocycles. The van der Waals surface area contributed by atoms with Gasteiger partial charge in [-0.3, -0.25) is 19.8 Å². The molecular formula is C15H18N2O5. The number of carbonyl (C=O) groups excluding carboxylic acids is 3. The Kier molecular flexibility index (Phi) is 4.65. The van der Waals surface area contributed by atoms with E-state index in [1.54, 1.807) is 19.2 Å². The summed E-state index contributed by atoms with van der Waals surface area (Å²) in [7, 11) is 3.09. The number of hydrogen-bond donors (Lipinski definition) is 1. The SMILES string of the molecule is COc1ccc(CCN2C(=O)NC(=O)C(C)C2=O)cc1OC. The van der Waals surface area contributed by atoms with Crippen molar-refractivity contribution < 1.29 is 23.9 Å². The van der Waals surface area contributed by atoms with Crippen LogP contribution in [0.5, 0.6) is 11.5 Å². The standard InChI is InChI=1S/C15H18N2O5/c1-9-13(18)16-15(20)17(14(9)19)7-6-10-4-5-11(21-2)12(8-10)22-3/h4-5,8-9H,6-7H2,1-3H3,(H,16,18,20). The average Bonchev–Trinajstić information content (AvgIpc) is 2.52. The third-order valence-electron chi connectivity index (χ3n) is 3.58. The van der Waals surface area contributed by atoms with Crippen LogP contribution in [0.4, 0.5) is 4.79 Å². The first-order chi connectivity index (χ1) is 10.5. The smallest absolute Gasteiger partial charge is 0.330 e. The normalized spacial score (nSPS) is 18.2. The molecule has 0 radical (unpaired) electrons. The minimum absolute atomic E-state index is 0.192. The van der Waals surface area contributed by atoms with Gasteiger partial charge >= 0.3 is 6.03 Å². The molecule has 1 aliphatic rings. The molecule has 7 heteroatoms. The lowest BCUT2D eigenvalue weighted by molar-refractivity contribution is -0.141. The monoisotopic (exact) mass is 306 g/mol. The van der Waals surface area contributed by atoms with Crippen molar-refractivity contribution in [3.8, 4) is 11.5 Å². The van der Waals surface area contributed by atoms with E-state index in [9.17, 15) is 14.4 Å². The molecule has 22 heavy (non-hydrogen) atoms. The molecule has 0 aliphatic carbocycles. The van der Waals surface area contributed by atoms with Gasteiger partial charge in [0.25, 0.3) is 0 Å². The third-order valence-corrected chi connectivity index (χ3v) is 3.58. The highest BCUT2D eigenvalue weighted by molar-refractivity contribution is 6.15. The van der Waals surface area contributed by atoms with Gasteiger partial charge in [0, 0.05) is 6.54 Å². The molecule has 118 valence electrons. The second-order valence-electron chi connectivity index (χ2n) is 4.95. The van der Waals surface area contributed by atoms with Crippen molar-refractivity contribution in [1.29, 1.82) is 0 Å². The topological polar surface area (TPSA) is 84.9 Å². The minimum atomic E-state index is -0.844. The molecule has 1 aromatic rings. The molecule has 4 amide bonds. The average molecular weight is 306 g/mol. The van der Waals surface area contributed by atoms with E-state index in [-0.39, 0.29) is 6.54 Å². The van der Waals surface area contributed by atoms with Gasteiger partial charge in [-0.25, -0.2) is 4.79 Å². The van der Waals surface area contributed by atoms with Gasteiger partial charge < -0.3 is 9.47 Å². The zero-order chi connectivity index (χ0) is 16.3. The molecule has 2 rings (SSSR count). The van der Waals surface area contributed by atoms with Gasteiger partial charge in [0.1, 0.15) is 5.92 Å². The highest BCUT2D eigenvalue weighted by atomic mass is 16.5. The summed E-state index contributed by atoms with van der Waals surface area (Å²) in [5.74, 6) is -0.690. The summed E-state index contributed by atoms with van der Waals surface area (Å²) in [5, 5.41) is 2.17. The van der Waals surface area contributed by atoms with Gasteiger partial charge in [0.05, 0.1) is 14.2 Å². The van der Waals surface area contributed by atoms with Crippen molar-refractivity contribution in [3.05, 3.63) is 23.8 Å². The summed E-state index contributed by atoms with van der Waals surface area (Å²) < 4.78 is 10.4. The first kappa shape index (κ1) is 15.8. The van der Waals surface area contributed by atoms with E-state index in [0.29, 0.717) is 17.9 Å². The van der Waals surface area contributed by atoms with Crippen molar-refractivity contribution in [3.63, 3.8) is 0 Å². The van der Waals surface area contributed by atoms with Crippen molar-refractivity contribution in [2.24, 2.45) is 5.92 Å². The Balaban J connectivity index is 2.08. The van der Waals surface area contributed by atoms with E-state index in [1.165, 1.54) is 14.0 Å². The molecule has 1 atom stereocenters. The molecular weight excluding hydrogens is 288 g/mol. The lowest BCUT2D eigenvalue weighted by atomic mass is 10.1. The first-order valence-electron chi connectivity index (χ1n) is 6.85. The zero-order valence-electron chi connectivity index (χ0n) is 12.7. The molecule has 1 aromatic carbocycles. The van der Waals surface area contributed by atoms with E-state index in [4.69, 9.17) is 9.47 Å². The lowest BCUT2D eigenvalue weighted by Crippen LogP contribution is -2.57. The van der Waals surface area contributed by atoms with E-state index in [1.807, 2.05) is 6.07 Å². The zero-order valence-corrected chi connectivity index (χ0v) is 12.7. The van der Waals surface area contributed by atoms with Gasteiger partial charge in [0.15, 0.2) is 11.5 Å². The fourth-order valence-corrected chi connectivity index (χ4v) is 2.22. The minimum Gasteiger partial charge on any atom is -0.493 e. The number of imide groups is 2. The number of hydrogen-bond acceptors (Lipinski definition) is 5. The molecule has 1 unspecified atom stereocenters. The Bertz CT molecular complexity index is 614. The predicted octanol–water partition coefficient (Wildman–Crippen LogP) is 0.961. The number of urea groups is 1. The second kappa shape index (κ2) is 6.46. The molecule has 0 aromatic heterocycles. The highest BCUT2D eigenvalue weighted by Gasteiger charge is 2.36. The number of barbiturate groups is 1. The van der Waals surface area contributed by atoms with Crippen LogP contribution in [-0.4, -0.2) is 43.5 Å². The van der Waals surface area contributed by atoms with Crippen LogP contribution in [0.2, 0.25) is 0 Å². The van der Waals surface area contributed by atoms with Crippen LogP contribution in [-0.2, 0) is 16.0 Å². The van der Waals surface area contributed by atoms with Crippen molar-refractivity contribution >= 4 is 17.8 Å². The summed E-state index contributed by atoms with van der Waals surface area (Å²) in [6.07, 6.45) is 0.459. The fourth-order valence-electron chi connectivity index (χ4n) is 2.22. The van der Waals surface area contributed by atoms with Gasteiger partial charge in [-0.2, -0.15) is 0 Å². The van der Waals surface area contributed by atoms with Crippen molar-refractivity contribution in [2.45, 2.75) is 13.3 Å². The third kappa shape index (κ3) is 3.03. The quantitative estimate of drug-likeness (QED) is 0.819. The van der Waals surface area contributed by atoms with Crippen LogP contribution < -0.4 is 14.8 Å². The summed E-state index contributed by atoms with van der Waals surface area (Å²) in [4.78, 5) is 36.2. The lowest BCUT2D eigenvalue weighted by Gasteiger charge is -2.28. The number of ether oxygens (including phenoxy) is 2. The van der Waals surface area contributed by atoms with Crippen LogP contribution in [0.1, 0.15) is 12.5 Å². The summed E-state index contributed by atoms with van der Waals surface area (Å²) in [6.45, 7) is 1.67. The van der Waals surface area contributed by atoms with Crippen LogP contribution in [0.15, 0.2) is 18.2 Å². The molecule has 0 saturated carbocycles. The number of nitrogens with zero attached hydrogens (tertiary/aromatic N) is 1. The number of carbonyl (C=O) groups is 3. The summed E-state index contributed by atoms with van der Waals surface area (Å²) in [5.41, 5.74) is 0.891. The molecule has 1 N–H and O–H groups in total. The van der Waals surface area contributed by atoms with Crippen LogP contribution >= 0.6 is 0 Å². The van der Waals surface area contributed by atoms with Crippen molar-refractivity contribution in [1.82, 2.24) is 10.2 Å². The number of rotatable bonds is 5. The number of nitrogens with one attached hydrogen (secondary N) is 1. The van der Waals surface area contributed by atoms with E-state index < -0.39 is 23.8 Å². The summed E-state index contributed by atoms with van der Waals surface area (Å²) >= 11 is 0. The Hall–Kier alpha value is -2.57. The maximum absolute atomic E-state index is 12.0. The van der Waals surface area contributed by atoms with E-state index >= 15 is 0 Å². The molecule has 1 aliphatic heterocycles. The maximum Gasteiger partial charge on any atom is 0.330 e. The van der Waals surface area contributed by atoms with Crippen molar-refractivity contribution in [2.75, 3.05) is 20.8 Å². The van der Waals surface area contributed by atoms with Crippen LogP contribution in [0.3, 0.4) is 0 Å². The number of benzene rings is 1. The van der Waals surface area contributed by atoms with Gasteiger partial charge in [0.2, 0.25) is 11.8 Å². The largest absolute Gasteiger partial charge is 0.493 e. The molecule has 7 nitrogen and oxygen atoms in total. The second-order valence-corrected chi connectivity index (χ2v) is 4.95. The number of methoxy groups -OCH3 is 2. The molecule has 1 fully saturated rings. The maximum atomic E-state index is 12.0. The molecule has 0 spiro atoms. The fraction of sp³-hybridized carbons (Fsp3) is 0.400. The Morgan fingerprint density at radius 3 is 2.45 bits per heavy atom. The molecule has 0 bridgehead atoms. The highest BCUT2D eigenvalue weighted by Crippen LogP contribution is 2.27. The molecule has 1 heterocycles. The van der Waals surface area contributed by atoms with E-state index in [2.05, 4.69) is 5.32 Å². The first-order valence-corrected chi connectivity index (χ1v) is 6.85. The Labute approximate surface area is 128 Å². The Morgan fingerprint density at radius 2 is 1.82 bits per heavy atom. The number of amides is 4. The van der Waals surface area contributed by atoms with Crippen LogP contribution in [0.25, 0.3) is 0 Å². The van der Waals surface area contributed by atoms with Gasteiger partial charge in [-0.1, -0.05) is 6.07 Å². The Morgan fingerprint density at radius 1 is 1.14 bits per heavy atom. The van der Waals surface area contributed by atoms with Gasteiger partial charge in [-0.15, -0.1) is 0 Å². The predicted molar refractivity (Wildman–Crippen MR) is 77.7 cm³/mol. The van der Waals surface area contributed by atoms with Crippen LogP contribution in [0, 0.1) is 5.92 Å². The van der Waals surface area contributed by atoms with E-state index in [0.717, 1.165) is 10.5 Å². The van der Waals surface area contributed by atoms with Gasteiger partial charge in [-0.05, 0) is 31.0 Å². The summed E-state index contributed by atoms with van der Waals surface area (Å²) in [6, 6.07) is 4.72.